The fourth-order valence-electron chi connectivity index (χ4n) is 3.80. The highest BCUT2D eigenvalue weighted by atomic mass is 32.2. The van der Waals surface area contributed by atoms with Crippen molar-refractivity contribution in [2.75, 3.05) is 31.5 Å². The van der Waals surface area contributed by atoms with Crippen molar-refractivity contribution in [2.24, 2.45) is 5.92 Å². The molecule has 1 atom stereocenters. The SMILES string of the molecule is CCN(CC)C(=O)c1cccc(NC(=O)C2CCCN(S(=O)(=O)c3ccc(F)cc3)C2)c1. The van der Waals surface area contributed by atoms with E-state index in [-0.39, 0.29) is 23.3 Å². The van der Waals surface area contributed by atoms with Crippen molar-refractivity contribution in [2.45, 2.75) is 31.6 Å². The van der Waals surface area contributed by atoms with Gasteiger partial charge in [-0.05, 0) is 69.2 Å². The van der Waals surface area contributed by atoms with E-state index >= 15 is 0 Å². The van der Waals surface area contributed by atoms with Crippen molar-refractivity contribution in [3.63, 3.8) is 0 Å². The van der Waals surface area contributed by atoms with E-state index in [1.54, 1.807) is 29.2 Å². The number of sulfonamides is 1. The predicted octanol–water partition coefficient (Wildman–Crippen LogP) is 3.35. The van der Waals surface area contributed by atoms with E-state index in [1.165, 1.54) is 16.4 Å². The van der Waals surface area contributed by atoms with Crippen molar-refractivity contribution < 1.29 is 22.4 Å². The zero-order valence-corrected chi connectivity index (χ0v) is 19.1. The van der Waals surface area contributed by atoms with Crippen molar-refractivity contribution in [3.05, 3.63) is 59.9 Å². The molecular weight excluding hydrogens is 433 g/mol. The second-order valence-electron chi connectivity index (χ2n) is 7.70. The quantitative estimate of drug-likeness (QED) is 0.685. The Morgan fingerprint density at radius 2 is 1.81 bits per heavy atom. The Morgan fingerprint density at radius 1 is 1.12 bits per heavy atom. The van der Waals surface area contributed by atoms with Crippen LogP contribution in [0.1, 0.15) is 37.0 Å². The third-order valence-electron chi connectivity index (χ3n) is 5.63. The van der Waals surface area contributed by atoms with Crippen LogP contribution in [0.15, 0.2) is 53.4 Å². The molecule has 9 heteroatoms. The lowest BCUT2D eigenvalue weighted by Crippen LogP contribution is -2.43. The largest absolute Gasteiger partial charge is 0.339 e. The van der Waals surface area contributed by atoms with Crippen LogP contribution >= 0.6 is 0 Å². The van der Waals surface area contributed by atoms with Gasteiger partial charge < -0.3 is 10.2 Å². The smallest absolute Gasteiger partial charge is 0.253 e. The first-order chi connectivity index (χ1) is 15.3. The number of benzene rings is 2. The standard InChI is InChI=1S/C23H28FN3O4S/c1-3-26(4-2)23(29)17-7-5-9-20(15-17)25-22(28)18-8-6-14-27(16-18)32(30,31)21-12-10-19(24)11-13-21/h5,7,9-13,15,18H,3-4,6,8,14,16H2,1-2H3,(H,25,28). The van der Waals surface area contributed by atoms with Crippen LogP contribution in [0.25, 0.3) is 0 Å². The number of carbonyl (C=O) groups excluding carboxylic acids is 2. The van der Waals surface area contributed by atoms with Gasteiger partial charge in [0.05, 0.1) is 10.8 Å². The minimum absolute atomic E-state index is 0.00238. The average Bonchev–Trinajstić information content (AvgIpc) is 2.80. The summed E-state index contributed by atoms with van der Waals surface area (Å²) in [6.07, 6.45) is 1.10. The Kier molecular flexibility index (Phi) is 7.63. The number of halogens is 1. The van der Waals surface area contributed by atoms with Crippen LogP contribution in [-0.2, 0) is 14.8 Å². The van der Waals surface area contributed by atoms with E-state index < -0.39 is 21.8 Å². The molecule has 0 radical (unpaired) electrons. The molecule has 0 spiro atoms. The summed E-state index contributed by atoms with van der Waals surface area (Å²) >= 11 is 0. The Bertz CT molecular complexity index is 1070. The van der Waals surface area contributed by atoms with E-state index in [1.807, 2.05) is 13.8 Å². The van der Waals surface area contributed by atoms with Crippen LogP contribution in [0.5, 0.6) is 0 Å². The number of nitrogens with zero attached hydrogens (tertiary/aromatic N) is 2. The molecule has 2 aromatic carbocycles. The fraction of sp³-hybridized carbons (Fsp3) is 0.391. The third kappa shape index (κ3) is 5.34. The Morgan fingerprint density at radius 3 is 2.47 bits per heavy atom. The predicted molar refractivity (Wildman–Crippen MR) is 120 cm³/mol. The summed E-state index contributed by atoms with van der Waals surface area (Å²) in [6, 6.07) is 11.4. The Labute approximate surface area is 188 Å². The molecule has 7 nitrogen and oxygen atoms in total. The first-order valence-electron chi connectivity index (χ1n) is 10.7. The number of piperidine rings is 1. The lowest BCUT2D eigenvalue weighted by Gasteiger charge is -2.31. The van der Waals surface area contributed by atoms with Gasteiger partial charge in [0.15, 0.2) is 0 Å². The number of rotatable bonds is 7. The summed E-state index contributed by atoms with van der Waals surface area (Å²) in [4.78, 5) is 27.1. The molecule has 0 aliphatic carbocycles. The molecule has 172 valence electrons. The lowest BCUT2D eigenvalue weighted by atomic mass is 9.98. The summed E-state index contributed by atoms with van der Waals surface area (Å²) in [6.45, 7) is 5.34. The molecule has 3 rings (SSSR count). The van der Waals surface area contributed by atoms with Gasteiger partial charge in [0.1, 0.15) is 5.82 Å². The topological polar surface area (TPSA) is 86.8 Å². The van der Waals surface area contributed by atoms with E-state index in [2.05, 4.69) is 5.32 Å². The van der Waals surface area contributed by atoms with Gasteiger partial charge in [-0.25, -0.2) is 12.8 Å². The van der Waals surface area contributed by atoms with Crippen molar-refractivity contribution in [3.8, 4) is 0 Å². The number of anilines is 1. The van der Waals surface area contributed by atoms with E-state index in [9.17, 15) is 22.4 Å². The van der Waals surface area contributed by atoms with Gasteiger partial charge in [-0.2, -0.15) is 4.31 Å². The van der Waals surface area contributed by atoms with Gasteiger partial charge in [0.25, 0.3) is 5.91 Å². The van der Waals surface area contributed by atoms with Crippen molar-refractivity contribution >= 4 is 27.5 Å². The summed E-state index contributed by atoms with van der Waals surface area (Å²) in [5.74, 6) is -1.44. The number of nitrogens with one attached hydrogen (secondary N) is 1. The molecule has 1 heterocycles. The molecule has 1 unspecified atom stereocenters. The van der Waals surface area contributed by atoms with E-state index in [0.29, 0.717) is 43.7 Å². The maximum Gasteiger partial charge on any atom is 0.253 e. The van der Waals surface area contributed by atoms with Crippen LogP contribution in [0.3, 0.4) is 0 Å². The molecule has 0 bridgehead atoms. The molecule has 1 saturated heterocycles. The van der Waals surface area contributed by atoms with Crippen LogP contribution < -0.4 is 5.32 Å². The molecule has 0 saturated carbocycles. The van der Waals surface area contributed by atoms with Gasteiger partial charge in [-0.15, -0.1) is 0 Å². The van der Waals surface area contributed by atoms with Gasteiger partial charge in [-0.3, -0.25) is 9.59 Å². The molecule has 1 N–H and O–H groups in total. The molecule has 2 amide bonds. The molecule has 1 fully saturated rings. The highest BCUT2D eigenvalue weighted by molar-refractivity contribution is 7.89. The highest BCUT2D eigenvalue weighted by Crippen LogP contribution is 2.25. The Balaban J connectivity index is 1.70. The maximum atomic E-state index is 13.2. The van der Waals surface area contributed by atoms with Crippen LogP contribution in [0.2, 0.25) is 0 Å². The number of hydrogen-bond acceptors (Lipinski definition) is 4. The summed E-state index contributed by atoms with van der Waals surface area (Å²) in [5, 5.41) is 2.82. The molecule has 1 aliphatic heterocycles. The molecule has 2 aromatic rings. The normalized spacial score (nSPS) is 17.0. The summed E-state index contributed by atoms with van der Waals surface area (Å²) in [7, 11) is -3.81. The number of carbonyl (C=O) groups is 2. The van der Waals surface area contributed by atoms with Gasteiger partial charge in [0, 0.05) is 37.4 Å². The number of hydrogen-bond donors (Lipinski definition) is 1. The first-order valence-corrected chi connectivity index (χ1v) is 12.2. The van der Waals surface area contributed by atoms with Gasteiger partial charge in [-0.1, -0.05) is 6.07 Å². The highest BCUT2D eigenvalue weighted by Gasteiger charge is 2.33. The summed E-state index contributed by atoms with van der Waals surface area (Å²) in [5.41, 5.74) is 0.974. The zero-order chi connectivity index (χ0) is 23.3. The van der Waals surface area contributed by atoms with Crippen molar-refractivity contribution in [1.82, 2.24) is 9.21 Å². The van der Waals surface area contributed by atoms with Crippen LogP contribution in [0.4, 0.5) is 10.1 Å². The van der Waals surface area contributed by atoms with Crippen LogP contribution in [0, 0.1) is 11.7 Å². The third-order valence-corrected chi connectivity index (χ3v) is 7.51. The monoisotopic (exact) mass is 461 g/mol. The molecule has 32 heavy (non-hydrogen) atoms. The van der Waals surface area contributed by atoms with Gasteiger partial charge in [0.2, 0.25) is 15.9 Å². The molecule has 1 aliphatic rings. The number of amides is 2. The Hall–Kier alpha value is -2.78. The lowest BCUT2D eigenvalue weighted by molar-refractivity contribution is -0.120. The van der Waals surface area contributed by atoms with Crippen LogP contribution in [-0.4, -0.2) is 55.6 Å². The van der Waals surface area contributed by atoms with Crippen molar-refractivity contribution in [1.29, 1.82) is 0 Å². The average molecular weight is 462 g/mol. The first kappa shape index (κ1) is 23.9. The van der Waals surface area contributed by atoms with E-state index in [4.69, 9.17) is 0 Å². The zero-order valence-electron chi connectivity index (χ0n) is 18.3. The molecule has 0 aromatic heterocycles. The second-order valence-corrected chi connectivity index (χ2v) is 9.64. The maximum absolute atomic E-state index is 13.2. The summed E-state index contributed by atoms with van der Waals surface area (Å²) < 4.78 is 40.2. The minimum Gasteiger partial charge on any atom is -0.339 e. The minimum atomic E-state index is -3.81. The second kappa shape index (κ2) is 10.2. The molecular formula is C23H28FN3O4S. The van der Waals surface area contributed by atoms with Gasteiger partial charge >= 0.3 is 0 Å². The van der Waals surface area contributed by atoms with E-state index in [0.717, 1.165) is 12.1 Å². The fourth-order valence-corrected chi connectivity index (χ4v) is 5.32.